The number of rotatable bonds is 4. The van der Waals surface area contributed by atoms with Crippen molar-refractivity contribution in [3.63, 3.8) is 0 Å². The van der Waals surface area contributed by atoms with Crippen LogP contribution in [0.25, 0.3) is 0 Å². The maximum atomic E-state index is 12.7. The van der Waals surface area contributed by atoms with E-state index in [9.17, 15) is 14.5 Å². The van der Waals surface area contributed by atoms with Crippen molar-refractivity contribution < 1.29 is 14.1 Å². The Bertz CT molecular complexity index is 604. The molecule has 1 heterocycles. The number of ether oxygens (including phenoxy) is 1. The number of nitro groups is 1. The molecule has 0 saturated heterocycles. The first-order valence-electron chi connectivity index (χ1n) is 5.24. The van der Waals surface area contributed by atoms with Crippen LogP contribution in [0.5, 0.6) is 5.88 Å². The van der Waals surface area contributed by atoms with Gasteiger partial charge in [0, 0.05) is 6.07 Å². The highest BCUT2D eigenvalue weighted by Gasteiger charge is 2.17. The highest BCUT2D eigenvalue weighted by molar-refractivity contribution is 6.29. The fourth-order valence-corrected chi connectivity index (χ4v) is 1.53. The summed E-state index contributed by atoms with van der Waals surface area (Å²) in [5.74, 6) is -0.530. The van der Waals surface area contributed by atoms with Crippen LogP contribution in [0, 0.1) is 15.9 Å². The van der Waals surface area contributed by atoms with Crippen LogP contribution in [-0.2, 0) is 6.61 Å². The Balaban J connectivity index is 2.16. The molecule has 1 aromatic carbocycles. The van der Waals surface area contributed by atoms with Crippen LogP contribution in [0.2, 0.25) is 5.15 Å². The van der Waals surface area contributed by atoms with Gasteiger partial charge in [-0.3, -0.25) is 10.1 Å². The van der Waals surface area contributed by atoms with Crippen molar-refractivity contribution in [3.05, 3.63) is 63.0 Å². The van der Waals surface area contributed by atoms with E-state index in [2.05, 4.69) is 4.98 Å². The maximum absolute atomic E-state index is 12.7. The molecule has 0 aliphatic heterocycles. The van der Waals surface area contributed by atoms with E-state index in [1.165, 1.54) is 36.4 Å². The molecule has 7 heteroatoms. The number of pyridine rings is 1. The molecule has 2 rings (SSSR count). The Morgan fingerprint density at radius 1 is 1.26 bits per heavy atom. The summed E-state index contributed by atoms with van der Waals surface area (Å²) >= 11 is 5.66. The molecule has 0 atom stereocenters. The molecular formula is C12H8ClFN2O3. The monoisotopic (exact) mass is 282 g/mol. The highest BCUT2D eigenvalue weighted by Crippen LogP contribution is 2.26. The van der Waals surface area contributed by atoms with Gasteiger partial charge in [-0.1, -0.05) is 23.7 Å². The number of hydrogen-bond acceptors (Lipinski definition) is 4. The normalized spacial score (nSPS) is 10.2. The van der Waals surface area contributed by atoms with Crippen molar-refractivity contribution in [2.24, 2.45) is 0 Å². The molecule has 0 unspecified atom stereocenters. The van der Waals surface area contributed by atoms with Gasteiger partial charge < -0.3 is 4.74 Å². The van der Waals surface area contributed by atoms with Crippen molar-refractivity contribution in [2.45, 2.75) is 6.61 Å². The Kier molecular flexibility index (Phi) is 3.91. The van der Waals surface area contributed by atoms with Gasteiger partial charge in [-0.05, 0) is 23.8 Å². The Morgan fingerprint density at radius 3 is 2.58 bits per heavy atom. The molecule has 5 nitrogen and oxygen atoms in total. The van der Waals surface area contributed by atoms with E-state index in [1.54, 1.807) is 0 Å². The van der Waals surface area contributed by atoms with Gasteiger partial charge in [-0.25, -0.2) is 4.39 Å². The highest BCUT2D eigenvalue weighted by atomic mass is 35.5. The summed E-state index contributed by atoms with van der Waals surface area (Å²) in [5.41, 5.74) is 0.393. The van der Waals surface area contributed by atoms with Crippen molar-refractivity contribution in [2.75, 3.05) is 0 Å². The zero-order valence-corrected chi connectivity index (χ0v) is 10.3. The smallest absolute Gasteiger partial charge is 0.331 e. The third kappa shape index (κ3) is 3.38. The van der Waals surface area contributed by atoms with Crippen LogP contribution in [0.4, 0.5) is 10.1 Å². The molecule has 0 amide bonds. The Hall–Kier alpha value is -2.21. The number of hydrogen-bond donors (Lipinski definition) is 0. The van der Waals surface area contributed by atoms with Crippen LogP contribution in [0.1, 0.15) is 5.56 Å². The zero-order chi connectivity index (χ0) is 13.8. The minimum absolute atomic E-state index is 0.0362. The van der Waals surface area contributed by atoms with Crippen LogP contribution < -0.4 is 4.74 Å². The summed E-state index contributed by atoms with van der Waals surface area (Å²) in [7, 11) is 0. The van der Waals surface area contributed by atoms with Gasteiger partial charge in [0.25, 0.3) is 5.88 Å². The lowest BCUT2D eigenvalue weighted by atomic mass is 10.2. The fraction of sp³-hybridized carbons (Fsp3) is 0.0833. The third-order valence-corrected chi connectivity index (χ3v) is 2.50. The largest absolute Gasteiger partial charge is 0.468 e. The van der Waals surface area contributed by atoms with Gasteiger partial charge in [0.05, 0.1) is 4.92 Å². The number of nitrogens with zero attached hydrogens (tertiary/aromatic N) is 2. The van der Waals surface area contributed by atoms with E-state index in [0.29, 0.717) is 5.56 Å². The lowest BCUT2D eigenvalue weighted by molar-refractivity contribution is -0.386. The van der Waals surface area contributed by atoms with Crippen molar-refractivity contribution in [1.29, 1.82) is 0 Å². The molecule has 0 N–H and O–H groups in total. The Morgan fingerprint density at radius 2 is 1.95 bits per heavy atom. The third-order valence-electron chi connectivity index (χ3n) is 2.29. The predicted octanol–water partition coefficient (Wildman–Crippen LogP) is 3.36. The summed E-state index contributed by atoms with van der Waals surface area (Å²) in [4.78, 5) is 13.9. The second-order valence-corrected chi connectivity index (χ2v) is 4.02. The summed E-state index contributed by atoms with van der Waals surface area (Å²) in [5, 5.41) is 10.9. The standard InChI is InChI=1S/C12H8ClFN2O3/c13-11-6-5-10(16(17)18)12(15-11)19-7-8-1-3-9(14)4-2-8/h1-6H,7H2. The van der Waals surface area contributed by atoms with Gasteiger partial charge >= 0.3 is 5.69 Å². The second-order valence-electron chi connectivity index (χ2n) is 3.63. The minimum Gasteiger partial charge on any atom is -0.468 e. The van der Waals surface area contributed by atoms with Gasteiger partial charge in [-0.2, -0.15) is 4.98 Å². The van der Waals surface area contributed by atoms with E-state index >= 15 is 0 Å². The van der Waals surface area contributed by atoms with Gasteiger partial charge in [0.1, 0.15) is 17.6 Å². The van der Waals surface area contributed by atoms with Crippen LogP contribution in [0.15, 0.2) is 36.4 Å². The molecule has 0 aliphatic rings. The SMILES string of the molecule is O=[N+]([O-])c1ccc(Cl)nc1OCc1ccc(F)cc1. The molecule has 0 radical (unpaired) electrons. The van der Waals surface area contributed by atoms with Crippen LogP contribution >= 0.6 is 11.6 Å². The summed E-state index contributed by atoms with van der Waals surface area (Å²) in [6.45, 7) is 0.0362. The first kappa shape index (κ1) is 13.2. The first-order chi connectivity index (χ1) is 9.06. The van der Waals surface area contributed by atoms with E-state index in [0.717, 1.165) is 0 Å². The molecule has 0 fully saturated rings. The van der Waals surface area contributed by atoms with E-state index < -0.39 is 4.92 Å². The van der Waals surface area contributed by atoms with E-state index in [-0.39, 0.29) is 29.1 Å². The Labute approximate surface area is 112 Å². The first-order valence-corrected chi connectivity index (χ1v) is 5.62. The zero-order valence-electron chi connectivity index (χ0n) is 9.55. The van der Waals surface area contributed by atoms with Gasteiger partial charge in [0.2, 0.25) is 0 Å². The van der Waals surface area contributed by atoms with Gasteiger partial charge in [0.15, 0.2) is 0 Å². The molecule has 2 aromatic rings. The number of halogens is 2. The topological polar surface area (TPSA) is 65.3 Å². The summed E-state index contributed by atoms with van der Waals surface area (Å²) in [6.07, 6.45) is 0. The fourth-order valence-electron chi connectivity index (χ4n) is 1.39. The quantitative estimate of drug-likeness (QED) is 0.490. The molecule has 0 saturated carbocycles. The lowest BCUT2D eigenvalue weighted by Gasteiger charge is -2.06. The molecule has 0 aliphatic carbocycles. The van der Waals surface area contributed by atoms with E-state index in [4.69, 9.17) is 16.3 Å². The molecule has 19 heavy (non-hydrogen) atoms. The van der Waals surface area contributed by atoms with Crippen molar-refractivity contribution in [3.8, 4) is 5.88 Å². The minimum atomic E-state index is -0.608. The predicted molar refractivity (Wildman–Crippen MR) is 66.6 cm³/mol. The molecule has 0 spiro atoms. The van der Waals surface area contributed by atoms with Crippen molar-refractivity contribution >= 4 is 17.3 Å². The number of aromatic nitrogens is 1. The second kappa shape index (κ2) is 5.62. The van der Waals surface area contributed by atoms with Crippen molar-refractivity contribution in [1.82, 2.24) is 4.98 Å². The maximum Gasteiger partial charge on any atom is 0.331 e. The molecule has 0 bridgehead atoms. The van der Waals surface area contributed by atoms with Crippen LogP contribution in [-0.4, -0.2) is 9.91 Å². The molecular weight excluding hydrogens is 275 g/mol. The average Bonchev–Trinajstić information content (AvgIpc) is 2.38. The molecule has 1 aromatic heterocycles. The average molecular weight is 283 g/mol. The molecule has 98 valence electrons. The number of benzene rings is 1. The van der Waals surface area contributed by atoms with Crippen LogP contribution in [0.3, 0.4) is 0 Å². The summed E-state index contributed by atoms with van der Waals surface area (Å²) in [6, 6.07) is 8.12. The van der Waals surface area contributed by atoms with E-state index in [1.807, 2.05) is 0 Å². The lowest BCUT2D eigenvalue weighted by Crippen LogP contribution is -2.01. The van der Waals surface area contributed by atoms with Gasteiger partial charge in [-0.15, -0.1) is 0 Å². The summed E-state index contributed by atoms with van der Waals surface area (Å²) < 4.78 is 18.0.